The minimum atomic E-state index is 0.501. The van der Waals surface area contributed by atoms with Gasteiger partial charge in [-0.1, -0.05) is 12.8 Å². The predicted octanol–water partition coefficient (Wildman–Crippen LogP) is 2.52. The molecule has 5 nitrogen and oxygen atoms in total. The van der Waals surface area contributed by atoms with E-state index in [1.807, 2.05) is 6.92 Å². The van der Waals surface area contributed by atoms with Crippen molar-refractivity contribution >= 4 is 5.82 Å². The third-order valence-electron chi connectivity index (χ3n) is 4.13. The monoisotopic (exact) mass is 262 g/mol. The predicted molar refractivity (Wildman–Crippen MR) is 74.0 cm³/mol. The average molecular weight is 262 g/mol. The zero-order valence-electron chi connectivity index (χ0n) is 11.5. The first kappa shape index (κ1) is 12.7. The van der Waals surface area contributed by atoms with Gasteiger partial charge in [0.25, 0.3) is 0 Å². The molecule has 2 aliphatic carbocycles. The molecule has 0 radical (unpaired) electrons. The van der Waals surface area contributed by atoms with Gasteiger partial charge in [-0.2, -0.15) is 4.98 Å². The lowest BCUT2D eigenvalue weighted by atomic mass is 10.1. The molecule has 0 aromatic carbocycles. The zero-order valence-corrected chi connectivity index (χ0v) is 11.5. The number of rotatable bonds is 5. The van der Waals surface area contributed by atoms with Crippen LogP contribution in [0.15, 0.2) is 0 Å². The number of hydrogen-bond donors (Lipinski definition) is 2. The van der Waals surface area contributed by atoms with E-state index >= 15 is 0 Å². The average Bonchev–Trinajstić information content (AvgIpc) is 3.14. The van der Waals surface area contributed by atoms with E-state index in [0.29, 0.717) is 23.5 Å². The Morgan fingerprint density at radius 1 is 1.21 bits per heavy atom. The molecule has 2 aliphatic rings. The zero-order chi connectivity index (χ0) is 13.2. The van der Waals surface area contributed by atoms with E-state index in [-0.39, 0.29) is 0 Å². The van der Waals surface area contributed by atoms with Crippen molar-refractivity contribution in [1.82, 2.24) is 9.97 Å². The highest BCUT2D eigenvalue weighted by atomic mass is 16.5. The van der Waals surface area contributed by atoms with Gasteiger partial charge in [-0.15, -0.1) is 0 Å². The highest BCUT2D eigenvalue weighted by Crippen LogP contribution is 2.40. The lowest BCUT2D eigenvalue weighted by Gasteiger charge is -2.15. The fourth-order valence-electron chi connectivity index (χ4n) is 2.69. The molecular weight excluding hydrogens is 240 g/mol. The first-order valence-electron chi connectivity index (χ1n) is 7.26. The normalized spacial score (nSPS) is 19.7. The summed E-state index contributed by atoms with van der Waals surface area (Å²) >= 11 is 0. The molecule has 5 heteroatoms. The van der Waals surface area contributed by atoms with Gasteiger partial charge in [-0.05, 0) is 38.5 Å². The molecule has 0 spiro atoms. The van der Waals surface area contributed by atoms with Gasteiger partial charge in [0.15, 0.2) is 0 Å². The quantitative estimate of drug-likeness (QED) is 0.630. The van der Waals surface area contributed by atoms with Crippen molar-refractivity contribution < 1.29 is 4.74 Å². The lowest BCUT2D eigenvalue weighted by Crippen LogP contribution is -2.15. The molecule has 2 fully saturated rings. The second-order valence-corrected chi connectivity index (χ2v) is 5.74. The second kappa shape index (κ2) is 5.33. The van der Waals surface area contributed by atoms with Crippen LogP contribution in [0, 0.1) is 12.8 Å². The minimum Gasteiger partial charge on any atom is -0.477 e. The Labute approximate surface area is 113 Å². The molecule has 0 unspecified atom stereocenters. The molecule has 0 amide bonds. The Hall–Kier alpha value is -1.36. The molecule has 0 aliphatic heterocycles. The van der Waals surface area contributed by atoms with E-state index < -0.39 is 0 Å². The van der Waals surface area contributed by atoms with Crippen LogP contribution in [0.1, 0.15) is 55.8 Å². The number of nitrogens with one attached hydrogen (secondary N) is 1. The number of anilines is 1. The summed E-state index contributed by atoms with van der Waals surface area (Å²) in [6.07, 6.45) is 7.58. The molecule has 104 valence electrons. The lowest BCUT2D eigenvalue weighted by molar-refractivity contribution is 0.241. The summed E-state index contributed by atoms with van der Waals surface area (Å²) in [6.45, 7) is 2.72. The van der Waals surface area contributed by atoms with Crippen LogP contribution in [-0.2, 0) is 0 Å². The molecule has 1 heterocycles. The van der Waals surface area contributed by atoms with E-state index in [1.165, 1.54) is 38.5 Å². The molecule has 1 aromatic heterocycles. The number of nitrogens with zero attached hydrogens (tertiary/aromatic N) is 2. The van der Waals surface area contributed by atoms with Gasteiger partial charge in [-0.25, -0.2) is 10.8 Å². The van der Waals surface area contributed by atoms with E-state index in [2.05, 4.69) is 15.4 Å². The smallest absolute Gasteiger partial charge is 0.221 e. The molecule has 1 aromatic rings. The van der Waals surface area contributed by atoms with Crippen LogP contribution in [0.2, 0.25) is 0 Å². The van der Waals surface area contributed by atoms with Crippen LogP contribution < -0.4 is 16.0 Å². The van der Waals surface area contributed by atoms with Crippen LogP contribution in [-0.4, -0.2) is 16.6 Å². The van der Waals surface area contributed by atoms with Crippen molar-refractivity contribution in [2.45, 2.75) is 51.4 Å². The summed E-state index contributed by atoms with van der Waals surface area (Å²) in [5.41, 5.74) is 3.56. The standard InChI is InChI=1S/C14H22N4O/c1-9-12(18-15)16-13(11-6-7-11)17-14(9)19-8-10-4-2-3-5-10/h10-11H,2-8,15H2,1H3,(H,16,17,18). The van der Waals surface area contributed by atoms with Crippen molar-refractivity contribution in [2.75, 3.05) is 12.0 Å². The summed E-state index contributed by atoms with van der Waals surface area (Å²) in [7, 11) is 0. The van der Waals surface area contributed by atoms with Crippen molar-refractivity contribution in [3.05, 3.63) is 11.4 Å². The van der Waals surface area contributed by atoms with Crippen molar-refractivity contribution in [1.29, 1.82) is 0 Å². The van der Waals surface area contributed by atoms with Gasteiger partial charge in [0.1, 0.15) is 11.6 Å². The maximum atomic E-state index is 5.94. The number of ether oxygens (including phenoxy) is 1. The molecule has 3 N–H and O–H groups in total. The first-order chi connectivity index (χ1) is 9.28. The summed E-state index contributed by atoms with van der Waals surface area (Å²) in [6, 6.07) is 0. The van der Waals surface area contributed by atoms with Gasteiger partial charge in [0.05, 0.1) is 12.2 Å². The van der Waals surface area contributed by atoms with Gasteiger partial charge >= 0.3 is 0 Å². The fourth-order valence-corrected chi connectivity index (χ4v) is 2.69. The van der Waals surface area contributed by atoms with E-state index in [4.69, 9.17) is 10.6 Å². The topological polar surface area (TPSA) is 73.1 Å². The van der Waals surface area contributed by atoms with E-state index in [9.17, 15) is 0 Å². The second-order valence-electron chi connectivity index (χ2n) is 5.74. The Kier molecular flexibility index (Phi) is 3.55. The van der Waals surface area contributed by atoms with E-state index in [0.717, 1.165) is 18.0 Å². The molecule has 0 atom stereocenters. The third-order valence-corrected chi connectivity index (χ3v) is 4.13. The maximum absolute atomic E-state index is 5.94. The van der Waals surface area contributed by atoms with Crippen LogP contribution in [0.3, 0.4) is 0 Å². The molecule has 2 saturated carbocycles. The number of nitrogen functional groups attached to an aromatic ring is 1. The molecule has 0 saturated heterocycles. The van der Waals surface area contributed by atoms with E-state index in [1.54, 1.807) is 0 Å². The number of aromatic nitrogens is 2. The van der Waals surface area contributed by atoms with Gasteiger partial charge < -0.3 is 10.2 Å². The molecule has 0 bridgehead atoms. The fraction of sp³-hybridized carbons (Fsp3) is 0.714. The van der Waals surface area contributed by atoms with Crippen molar-refractivity contribution in [2.24, 2.45) is 11.8 Å². The highest BCUT2D eigenvalue weighted by Gasteiger charge is 2.28. The third kappa shape index (κ3) is 2.81. The molecular formula is C14H22N4O. The number of hydrogen-bond acceptors (Lipinski definition) is 5. The summed E-state index contributed by atoms with van der Waals surface area (Å²) < 4.78 is 5.94. The Balaban J connectivity index is 1.75. The highest BCUT2D eigenvalue weighted by molar-refractivity contribution is 5.48. The minimum absolute atomic E-state index is 0.501. The Morgan fingerprint density at radius 3 is 2.58 bits per heavy atom. The SMILES string of the molecule is Cc1c(NN)nc(C2CC2)nc1OCC1CCCC1. The first-order valence-corrected chi connectivity index (χ1v) is 7.26. The maximum Gasteiger partial charge on any atom is 0.221 e. The van der Waals surface area contributed by atoms with Crippen LogP contribution in [0.5, 0.6) is 5.88 Å². The molecule has 3 rings (SSSR count). The molecule has 19 heavy (non-hydrogen) atoms. The van der Waals surface area contributed by atoms with Crippen LogP contribution in [0.4, 0.5) is 5.82 Å². The van der Waals surface area contributed by atoms with Gasteiger partial charge in [0.2, 0.25) is 5.88 Å². The van der Waals surface area contributed by atoms with Crippen molar-refractivity contribution in [3.8, 4) is 5.88 Å². The number of nitrogens with two attached hydrogens (primary N) is 1. The largest absolute Gasteiger partial charge is 0.477 e. The summed E-state index contributed by atoms with van der Waals surface area (Å²) in [5, 5.41) is 0. The number of hydrazine groups is 1. The van der Waals surface area contributed by atoms with Crippen LogP contribution in [0.25, 0.3) is 0 Å². The van der Waals surface area contributed by atoms with Crippen molar-refractivity contribution in [3.63, 3.8) is 0 Å². The van der Waals surface area contributed by atoms with Gasteiger partial charge in [-0.3, -0.25) is 0 Å². The Morgan fingerprint density at radius 2 is 1.95 bits per heavy atom. The summed E-state index contributed by atoms with van der Waals surface area (Å²) in [5.74, 6) is 8.99. The summed E-state index contributed by atoms with van der Waals surface area (Å²) in [4.78, 5) is 9.04. The van der Waals surface area contributed by atoms with Crippen LogP contribution >= 0.6 is 0 Å². The van der Waals surface area contributed by atoms with Gasteiger partial charge in [0, 0.05) is 5.92 Å². The Bertz CT molecular complexity index is 453.